The van der Waals surface area contributed by atoms with E-state index in [9.17, 15) is 4.39 Å². The molecule has 1 aliphatic heterocycles. The Morgan fingerprint density at radius 3 is 2.69 bits per heavy atom. The number of benzene rings is 1. The maximum atomic E-state index is 13.8. The highest BCUT2D eigenvalue weighted by Gasteiger charge is 2.23. The topological polar surface area (TPSA) is 12.0 Å². The fraction of sp³-hybridized carbons (Fsp3) is 0.538. The highest BCUT2D eigenvalue weighted by Crippen LogP contribution is 2.34. The summed E-state index contributed by atoms with van der Waals surface area (Å²) in [5, 5.41) is 3.44. The summed E-state index contributed by atoms with van der Waals surface area (Å²) in [6.07, 6.45) is 2.39. The van der Waals surface area contributed by atoms with Gasteiger partial charge in [-0.2, -0.15) is 0 Å². The number of hydrogen-bond acceptors (Lipinski definition) is 1. The van der Waals surface area contributed by atoms with Gasteiger partial charge in [0.1, 0.15) is 5.67 Å². The Morgan fingerprint density at radius 2 is 2.19 bits per heavy atom. The predicted molar refractivity (Wildman–Crippen MR) is 68.3 cm³/mol. The summed E-state index contributed by atoms with van der Waals surface area (Å²) in [4.78, 5) is 0. The minimum absolute atomic E-state index is 0.438. The molecule has 1 atom stereocenters. The van der Waals surface area contributed by atoms with Crippen molar-refractivity contribution in [3.05, 3.63) is 33.8 Å². The summed E-state index contributed by atoms with van der Waals surface area (Å²) in [6.45, 7) is 4.25. The van der Waals surface area contributed by atoms with Crippen LogP contribution in [0.4, 0.5) is 4.39 Å². The van der Waals surface area contributed by atoms with Crippen molar-refractivity contribution in [2.75, 3.05) is 6.54 Å². The minimum atomic E-state index is -1.29. The van der Waals surface area contributed by atoms with Crippen molar-refractivity contribution in [1.29, 1.82) is 0 Å². The first kappa shape index (κ1) is 12.1. The Morgan fingerprint density at radius 1 is 1.44 bits per heavy atom. The van der Waals surface area contributed by atoms with Crippen molar-refractivity contribution >= 4 is 15.9 Å². The quantitative estimate of drug-likeness (QED) is 0.864. The van der Waals surface area contributed by atoms with Gasteiger partial charge in [0.25, 0.3) is 0 Å². The van der Waals surface area contributed by atoms with Crippen LogP contribution in [0.1, 0.15) is 43.9 Å². The van der Waals surface area contributed by atoms with Crippen molar-refractivity contribution < 1.29 is 4.39 Å². The largest absolute Gasteiger partial charge is 0.310 e. The summed E-state index contributed by atoms with van der Waals surface area (Å²) >= 11 is 3.46. The highest BCUT2D eigenvalue weighted by molar-refractivity contribution is 9.10. The zero-order valence-electron chi connectivity index (χ0n) is 9.69. The standard InChI is InChI=1S/C13H17BrFN/c1-13(2,15)10-6-5-9(8-11(10)14)12-4-3-7-16-12/h5-6,8,12,16H,3-4,7H2,1-2H3. The molecule has 1 unspecified atom stereocenters. The molecule has 1 aromatic rings. The normalized spacial score (nSPS) is 21.4. The van der Waals surface area contributed by atoms with Crippen LogP contribution in [-0.4, -0.2) is 6.54 Å². The lowest BCUT2D eigenvalue weighted by Gasteiger charge is -2.19. The van der Waals surface area contributed by atoms with Crippen molar-refractivity contribution in [3.63, 3.8) is 0 Å². The molecule has 1 N–H and O–H groups in total. The van der Waals surface area contributed by atoms with Crippen molar-refractivity contribution in [2.45, 2.75) is 38.4 Å². The van der Waals surface area contributed by atoms with Gasteiger partial charge in [0.05, 0.1) is 0 Å². The molecule has 0 saturated carbocycles. The van der Waals surface area contributed by atoms with Crippen molar-refractivity contribution in [2.24, 2.45) is 0 Å². The maximum absolute atomic E-state index is 13.8. The van der Waals surface area contributed by atoms with E-state index in [1.807, 2.05) is 18.2 Å². The molecule has 0 amide bonds. The molecular weight excluding hydrogens is 269 g/mol. The zero-order chi connectivity index (χ0) is 11.8. The predicted octanol–water partition coefficient (Wildman–Crippen LogP) is 4.08. The molecule has 16 heavy (non-hydrogen) atoms. The molecule has 88 valence electrons. The van der Waals surface area contributed by atoms with Gasteiger partial charge in [-0.25, -0.2) is 4.39 Å². The molecule has 1 aromatic carbocycles. The highest BCUT2D eigenvalue weighted by atomic mass is 79.9. The van der Waals surface area contributed by atoms with E-state index in [0.717, 1.165) is 11.0 Å². The van der Waals surface area contributed by atoms with E-state index in [2.05, 4.69) is 21.2 Å². The summed E-state index contributed by atoms with van der Waals surface area (Å²) in [5.41, 5.74) is 0.673. The van der Waals surface area contributed by atoms with Crippen LogP contribution in [0.5, 0.6) is 0 Å². The number of hydrogen-bond donors (Lipinski definition) is 1. The zero-order valence-corrected chi connectivity index (χ0v) is 11.3. The van der Waals surface area contributed by atoms with Gasteiger partial charge in [0, 0.05) is 16.1 Å². The molecule has 2 rings (SSSR count). The first-order valence-corrected chi connectivity index (χ1v) is 6.50. The van der Waals surface area contributed by atoms with Crippen LogP contribution in [0.3, 0.4) is 0 Å². The lowest BCUT2D eigenvalue weighted by Crippen LogP contribution is -2.14. The van der Waals surface area contributed by atoms with Gasteiger partial charge in [-0.15, -0.1) is 0 Å². The van der Waals surface area contributed by atoms with Crippen LogP contribution in [-0.2, 0) is 5.67 Å². The van der Waals surface area contributed by atoms with Crippen LogP contribution in [0.15, 0.2) is 22.7 Å². The first-order valence-electron chi connectivity index (χ1n) is 5.71. The molecule has 0 aromatic heterocycles. The second kappa shape index (κ2) is 4.46. The number of halogens is 2. The Balaban J connectivity index is 2.29. The summed E-state index contributed by atoms with van der Waals surface area (Å²) in [6, 6.07) is 6.40. The van der Waals surface area contributed by atoms with E-state index in [-0.39, 0.29) is 0 Å². The molecule has 1 heterocycles. The van der Waals surface area contributed by atoms with Crippen LogP contribution in [0.2, 0.25) is 0 Å². The Labute approximate surface area is 105 Å². The number of alkyl halides is 1. The molecular formula is C13H17BrFN. The summed E-state index contributed by atoms with van der Waals surface area (Å²) in [5.74, 6) is 0. The smallest absolute Gasteiger partial charge is 0.131 e. The molecule has 3 heteroatoms. The molecule has 0 aliphatic carbocycles. The van der Waals surface area contributed by atoms with Gasteiger partial charge < -0.3 is 5.32 Å². The van der Waals surface area contributed by atoms with Gasteiger partial charge in [-0.1, -0.05) is 28.1 Å². The second-order valence-electron chi connectivity index (χ2n) is 4.86. The second-order valence-corrected chi connectivity index (χ2v) is 5.72. The third kappa shape index (κ3) is 2.46. The van der Waals surface area contributed by atoms with Gasteiger partial charge in [-0.05, 0) is 44.9 Å². The Hall–Kier alpha value is -0.410. The molecule has 1 aliphatic rings. The molecule has 0 spiro atoms. The van der Waals surface area contributed by atoms with E-state index < -0.39 is 5.67 Å². The molecule has 0 radical (unpaired) electrons. The van der Waals surface area contributed by atoms with Gasteiger partial charge in [0.15, 0.2) is 0 Å². The lowest BCUT2D eigenvalue weighted by molar-refractivity contribution is 0.220. The summed E-state index contributed by atoms with van der Waals surface area (Å²) in [7, 11) is 0. The van der Waals surface area contributed by atoms with E-state index in [1.54, 1.807) is 13.8 Å². The van der Waals surface area contributed by atoms with Crippen LogP contribution in [0, 0.1) is 0 Å². The average Bonchev–Trinajstić information content (AvgIpc) is 2.68. The monoisotopic (exact) mass is 285 g/mol. The molecule has 1 fully saturated rings. The van der Waals surface area contributed by atoms with E-state index >= 15 is 0 Å². The van der Waals surface area contributed by atoms with E-state index in [0.29, 0.717) is 11.6 Å². The van der Waals surface area contributed by atoms with Crippen LogP contribution >= 0.6 is 15.9 Å². The van der Waals surface area contributed by atoms with Crippen molar-refractivity contribution in [1.82, 2.24) is 5.32 Å². The average molecular weight is 286 g/mol. The van der Waals surface area contributed by atoms with Crippen molar-refractivity contribution in [3.8, 4) is 0 Å². The SMILES string of the molecule is CC(C)(F)c1ccc(C2CCCN2)cc1Br. The Bertz CT molecular complexity index is 378. The minimum Gasteiger partial charge on any atom is -0.310 e. The third-order valence-electron chi connectivity index (χ3n) is 3.10. The van der Waals surface area contributed by atoms with Crippen LogP contribution < -0.4 is 5.32 Å². The van der Waals surface area contributed by atoms with E-state index in [4.69, 9.17) is 0 Å². The molecule has 0 bridgehead atoms. The molecule has 1 nitrogen and oxygen atoms in total. The fourth-order valence-electron chi connectivity index (χ4n) is 2.20. The first-order chi connectivity index (χ1) is 7.48. The third-order valence-corrected chi connectivity index (χ3v) is 3.75. The Kier molecular flexibility index (Phi) is 3.36. The van der Waals surface area contributed by atoms with Crippen LogP contribution in [0.25, 0.3) is 0 Å². The summed E-state index contributed by atoms with van der Waals surface area (Å²) < 4.78 is 14.7. The lowest BCUT2D eigenvalue weighted by atomic mass is 9.96. The van der Waals surface area contributed by atoms with Gasteiger partial charge in [-0.3, -0.25) is 0 Å². The maximum Gasteiger partial charge on any atom is 0.131 e. The number of nitrogens with one attached hydrogen (secondary N) is 1. The van der Waals surface area contributed by atoms with Gasteiger partial charge in [0.2, 0.25) is 0 Å². The molecule has 1 saturated heterocycles. The van der Waals surface area contributed by atoms with E-state index in [1.165, 1.54) is 18.4 Å². The van der Waals surface area contributed by atoms with Gasteiger partial charge >= 0.3 is 0 Å². The fourth-order valence-corrected chi connectivity index (χ4v) is 3.07. The number of rotatable bonds is 2.